The number of aryl methyl sites for hydroxylation is 1. The van der Waals surface area contributed by atoms with Gasteiger partial charge in [-0.2, -0.15) is 4.31 Å². The highest BCUT2D eigenvalue weighted by Crippen LogP contribution is 2.30. The topological polar surface area (TPSA) is 75.7 Å². The average molecular weight is 383 g/mol. The Bertz CT molecular complexity index is 733. The molecule has 0 radical (unpaired) electrons. The molecule has 26 heavy (non-hydrogen) atoms. The quantitative estimate of drug-likeness (QED) is 0.736. The lowest BCUT2D eigenvalue weighted by molar-refractivity contribution is -0.126. The summed E-state index contributed by atoms with van der Waals surface area (Å²) in [5.74, 6) is 0.317. The summed E-state index contributed by atoms with van der Waals surface area (Å²) < 4.78 is 32.9. The second-order valence-corrected chi connectivity index (χ2v) is 8.86. The van der Waals surface area contributed by atoms with E-state index in [1.807, 2.05) is 13.8 Å². The van der Waals surface area contributed by atoms with Gasteiger partial charge in [0.15, 0.2) is 0 Å². The number of hydrogen-bond donors (Lipinski definition) is 1. The monoisotopic (exact) mass is 382 g/mol. The molecule has 1 fully saturated rings. The van der Waals surface area contributed by atoms with Crippen LogP contribution in [0.1, 0.15) is 45.1 Å². The summed E-state index contributed by atoms with van der Waals surface area (Å²) in [7, 11) is -2.09. The fourth-order valence-electron chi connectivity index (χ4n) is 3.30. The van der Waals surface area contributed by atoms with E-state index in [4.69, 9.17) is 4.74 Å². The summed E-state index contributed by atoms with van der Waals surface area (Å²) in [6, 6.07) is 4.75. The molecular formula is C19H30N2O4S. The minimum atomic E-state index is -3.65. The van der Waals surface area contributed by atoms with Crippen molar-refractivity contribution in [1.82, 2.24) is 9.62 Å². The fraction of sp³-hybridized carbons (Fsp3) is 0.632. The van der Waals surface area contributed by atoms with Gasteiger partial charge in [0.1, 0.15) is 5.75 Å². The van der Waals surface area contributed by atoms with E-state index in [1.54, 1.807) is 25.3 Å². The van der Waals surface area contributed by atoms with Crippen molar-refractivity contribution in [2.45, 2.75) is 57.4 Å². The summed E-state index contributed by atoms with van der Waals surface area (Å²) in [6.45, 7) is 6.67. The second kappa shape index (κ2) is 8.86. The molecule has 1 aliphatic heterocycles. The van der Waals surface area contributed by atoms with Crippen LogP contribution < -0.4 is 10.1 Å². The molecule has 1 heterocycles. The molecular weight excluding hydrogens is 352 g/mol. The zero-order valence-corrected chi connectivity index (χ0v) is 16.9. The number of benzene rings is 1. The third-order valence-corrected chi connectivity index (χ3v) is 6.97. The van der Waals surface area contributed by atoms with Crippen LogP contribution in [0.2, 0.25) is 0 Å². The van der Waals surface area contributed by atoms with E-state index in [0.29, 0.717) is 25.1 Å². The van der Waals surface area contributed by atoms with Crippen LogP contribution in [0, 0.1) is 12.8 Å². The first-order valence-electron chi connectivity index (χ1n) is 9.25. The molecule has 2 atom stereocenters. The summed E-state index contributed by atoms with van der Waals surface area (Å²) in [5.41, 5.74) is 0.770. The molecule has 0 spiro atoms. The van der Waals surface area contributed by atoms with Crippen molar-refractivity contribution in [3.05, 3.63) is 23.8 Å². The number of methoxy groups -OCH3 is 1. The molecule has 0 aliphatic carbocycles. The van der Waals surface area contributed by atoms with Crippen LogP contribution in [0.4, 0.5) is 0 Å². The van der Waals surface area contributed by atoms with Gasteiger partial charge in [-0.3, -0.25) is 4.79 Å². The van der Waals surface area contributed by atoms with Crippen LogP contribution in [-0.4, -0.2) is 44.9 Å². The summed E-state index contributed by atoms with van der Waals surface area (Å²) in [6.07, 6.45) is 3.34. The van der Waals surface area contributed by atoms with Crippen molar-refractivity contribution in [2.75, 3.05) is 20.2 Å². The van der Waals surface area contributed by atoms with Gasteiger partial charge in [-0.1, -0.05) is 13.3 Å². The number of nitrogens with zero attached hydrogens (tertiary/aromatic N) is 1. The lowest BCUT2D eigenvalue weighted by Gasteiger charge is -2.36. The van der Waals surface area contributed by atoms with Gasteiger partial charge in [-0.25, -0.2) is 8.42 Å². The van der Waals surface area contributed by atoms with Crippen LogP contribution in [0.3, 0.4) is 0 Å². The Kier molecular flexibility index (Phi) is 7.06. The lowest BCUT2D eigenvalue weighted by atomic mass is 9.94. The van der Waals surface area contributed by atoms with Crippen molar-refractivity contribution < 1.29 is 17.9 Å². The fourth-order valence-corrected chi connectivity index (χ4v) is 5.10. The molecule has 0 bridgehead atoms. The maximum absolute atomic E-state index is 13.1. The average Bonchev–Trinajstić information content (AvgIpc) is 2.61. The van der Waals surface area contributed by atoms with Crippen LogP contribution in [0.5, 0.6) is 5.75 Å². The first-order valence-corrected chi connectivity index (χ1v) is 10.7. The molecule has 146 valence electrons. The van der Waals surface area contributed by atoms with Gasteiger partial charge in [-0.15, -0.1) is 0 Å². The van der Waals surface area contributed by atoms with Gasteiger partial charge >= 0.3 is 0 Å². The molecule has 0 aromatic heterocycles. The van der Waals surface area contributed by atoms with Crippen molar-refractivity contribution in [2.24, 2.45) is 5.92 Å². The summed E-state index contributed by atoms with van der Waals surface area (Å²) >= 11 is 0. The lowest BCUT2D eigenvalue weighted by Crippen LogP contribution is -2.49. The van der Waals surface area contributed by atoms with Gasteiger partial charge in [-0.05, 0) is 56.9 Å². The molecule has 2 unspecified atom stereocenters. The summed E-state index contributed by atoms with van der Waals surface area (Å²) in [4.78, 5) is 12.6. The molecule has 1 aromatic rings. The number of ether oxygens (including phenoxy) is 1. The molecule has 1 aliphatic rings. The van der Waals surface area contributed by atoms with Crippen molar-refractivity contribution in [1.29, 1.82) is 0 Å². The van der Waals surface area contributed by atoms with Crippen LogP contribution in [0.25, 0.3) is 0 Å². The van der Waals surface area contributed by atoms with E-state index in [2.05, 4.69) is 12.2 Å². The van der Waals surface area contributed by atoms with Crippen LogP contribution in [0.15, 0.2) is 23.1 Å². The zero-order valence-electron chi connectivity index (χ0n) is 16.1. The van der Waals surface area contributed by atoms with E-state index < -0.39 is 10.0 Å². The first kappa shape index (κ1) is 20.7. The Morgan fingerprint density at radius 3 is 2.69 bits per heavy atom. The zero-order chi connectivity index (χ0) is 19.3. The van der Waals surface area contributed by atoms with E-state index in [-0.39, 0.29) is 29.3 Å². The third-order valence-electron chi connectivity index (χ3n) is 5.00. The first-order chi connectivity index (χ1) is 12.3. The van der Waals surface area contributed by atoms with E-state index in [0.717, 1.165) is 18.4 Å². The van der Waals surface area contributed by atoms with Gasteiger partial charge in [0, 0.05) is 19.1 Å². The molecule has 1 aromatic carbocycles. The number of carbonyl (C=O) groups excluding carboxylic acids is 1. The Hall–Kier alpha value is -1.60. The number of rotatable bonds is 7. The number of unbranched alkanes of at least 4 members (excludes halogenated alkanes) is 1. The van der Waals surface area contributed by atoms with Gasteiger partial charge in [0.2, 0.25) is 15.9 Å². The maximum atomic E-state index is 13.1. The Morgan fingerprint density at radius 2 is 2.08 bits per heavy atom. The molecule has 1 saturated heterocycles. The van der Waals surface area contributed by atoms with Crippen LogP contribution in [-0.2, 0) is 14.8 Å². The molecule has 1 N–H and O–H groups in total. The number of piperidine rings is 1. The van der Waals surface area contributed by atoms with Crippen molar-refractivity contribution in [3.8, 4) is 5.75 Å². The molecule has 2 rings (SSSR count). The summed E-state index contributed by atoms with van der Waals surface area (Å²) in [5, 5.41) is 2.93. The molecule has 1 amide bonds. The highest BCUT2D eigenvalue weighted by atomic mass is 32.2. The van der Waals surface area contributed by atoms with Gasteiger partial charge < -0.3 is 10.1 Å². The van der Waals surface area contributed by atoms with Crippen molar-refractivity contribution in [3.63, 3.8) is 0 Å². The third kappa shape index (κ3) is 4.57. The predicted octanol–water partition coefficient (Wildman–Crippen LogP) is 2.71. The SMILES string of the molecule is CCCCNC(=O)C1CCC(C)N(S(=O)(=O)c2ccc(OC)c(C)c2)C1. The van der Waals surface area contributed by atoms with Gasteiger partial charge in [0.05, 0.1) is 17.9 Å². The van der Waals surface area contributed by atoms with E-state index in [1.165, 1.54) is 4.31 Å². The van der Waals surface area contributed by atoms with E-state index in [9.17, 15) is 13.2 Å². The Balaban J connectivity index is 2.18. The van der Waals surface area contributed by atoms with Crippen molar-refractivity contribution >= 4 is 15.9 Å². The second-order valence-electron chi connectivity index (χ2n) is 6.97. The smallest absolute Gasteiger partial charge is 0.243 e. The molecule has 0 saturated carbocycles. The number of hydrogen-bond acceptors (Lipinski definition) is 4. The Morgan fingerprint density at radius 1 is 1.35 bits per heavy atom. The number of sulfonamides is 1. The highest BCUT2D eigenvalue weighted by Gasteiger charge is 2.37. The number of amides is 1. The predicted molar refractivity (Wildman–Crippen MR) is 102 cm³/mol. The number of nitrogens with one attached hydrogen (secondary N) is 1. The number of carbonyl (C=O) groups is 1. The van der Waals surface area contributed by atoms with Gasteiger partial charge in [0.25, 0.3) is 0 Å². The highest BCUT2D eigenvalue weighted by molar-refractivity contribution is 7.89. The molecule has 6 nitrogen and oxygen atoms in total. The normalized spacial score (nSPS) is 21.4. The minimum absolute atomic E-state index is 0.0449. The maximum Gasteiger partial charge on any atom is 0.243 e. The van der Waals surface area contributed by atoms with E-state index >= 15 is 0 Å². The molecule has 7 heteroatoms. The van der Waals surface area contributed by atoms with Crippen LogP contribution >= 0.6 is 0 Å². The Labute approximate surface area is 157 Å². The minimum Gasteiger partial charge on any atom is -0.496 e. The largest absolute Gasteiger partial charge is 0.496 e. The standard InChI is InChI=1S/C19H30N2O4S/c1-5-6-11-20-19(22)16-8-7-15(3)21(13-16)26(23,24)17-9-10-18(25-4)14(2)12-17/h9-10,12,15-16H,5-8,11,13H2,1-4H3,(H,20,22).